The Kier molecular flexibility index (Phi) is 2.94. The summed E-state index contributed by atoms with van der Waals surface area (Å²) in [5, 5.41) is 4.13. The molecule has 18 heavy (non-hydrogen) atoms. The van der Waals surface area contributed by atoms with Gasteiger partial charge in [0.15, 0.2) is 0 Å². The van der Waals surface area contributed by atoms with Crippen LogP contribution in [0, 0.1) is 29.6 Å². The Morgan fingerprint density at radius 3 is 2.06 bits per heavy atom. The fourth-order valence-corrected chi connectivity index (χ4v) is 6.07. The number of hydrogen-bond donors (Lipinski definition) is 1. The SMILES string of the molecule is CCC1CCC(NC2C3CC4CC(C3)CC2C4)C1. The molecule has 0 saturated heterocycles. The van der Waals surface area contributed by atoms with Gasteiger partial charge in [-0.15, -0.1) is 0 Å². The maximum absolute atomic E-state index is 4.13. The van der Waals surface area contributed by atoms with Crippen molar-refractivity contribution < 1.29 is 0 Å². The summed E-state index contributed by atoms with van der Waals surface area (Å²) in [6.45, 7) is 2.37. The molecule has 5 fully saturated rings. The van der Waals surface area contributed by atoms with Crippen molar-refractivity contribution in [2.45, 2.75) is 76.8 Å². The molecule has 1 nitrogen and oxygen atoms in total. The second-order valence-electron chi connectivity index (χ2n) is 7.91. The molecule has 102 valence electrons. The summed E-state index contributed by atoms with van der Waals surface area (Å²) in [5.74, 6) is 5.39. The quantitative estimate of drug-likeness (QED) is 0.795. The Morgan fingerprint density at radius 2 is 1.50 bits per heavy atom. The van der Waals surface area contributed by atoms with Gasteiger partial charge in [0.1, 0.15) is 0 Å². The van der Waals surface area contributed by atoms with Crippen molar-refractivity contribution in [2.24, 2.45) is 29.6 Å². The van der Waals surface area contributed by atoms with Gasteiger partial charge in [0, 0.05) is 12.1 Å². The van der Waals surface area contributed by atoms with Gasteiger partial charge >= 0.3 is 0 Å². The first-order chi connectivity index (χ1) is 8.81. The molecule has 0 aromatic carbocycles. The molecule has 2 atom stereocenters. The summed E-state index contributed by atoms with van der Waals surface area (Å²) < 4.78 is 0. The van der Waals surface area contributed by atoms with Crippen molar-refractivity contribution in [2.75, 3.05) is 0 Å². The van der Waals surface area contributed by atoms with E-state index in [1.165, 1.54) is 25.7 Å². The van der Waals surface area contributed by atoms with Gasteiger partial charge in [0.25, 0.3) is 0 Å². The first-order valence-corrected chi connectivity index (χ1v) is 8.57. The highest BCUT2D eigenvalue weighted by molar-refractivity contribution is 5.02. The van der Waals surface area contributed by atoms with Crippen LogP contribution in [0.3, 0.4) is 0 Å². The van der Waals surface area contributed by atoms with Crippen molar-refractivity contribution in [1.29, 1.82) is 0 Å². The van der Waals surface area contributed by atoms with E-state index in [0.717, 1.165) is 41.7 Å². The van der Waals surface area contributed by atoms with Gasteiger partial charge in [-0.1, -0.05) is 13.3 Å². The van der Waals surface area contributed by atoms with Crippen molar-refractivity contribution in [3.63, 3.8) is 0 Å². The average molecular weight is 247 g/mol. The lowest BCUT2D eigenvalue weighted by atomic mass is 9.54. The van der Waals surface area contributed by atoms with Crippen LogP contribution in [0.15, 0.2) is 0 Å². The van der Waals surface area contributed by atoms with E-state index in [2.05, 4.69) is 12.2 Å². The van der Waals surface area contributed by atoms with E-state index < -0.39 is 0 Å². The lowest BCUT2D eigenvalue weighted by Gasteiger charge is -2.55. The summed E-state index contributed by atoms with van der Waals surface area (Å²) in [6, 6.07) is 1.79. The van der Waals surface area contributed by atoms with Crippen LogP contribution >= 0.6 is 0 Å². The topological polar surface area (TPSA) is 12.0 Å². The molecule has 0 radical (unpaired) electrons. The largest absolute Gasteiger partial charge is 0.311 e. The highest BCUT2D eigenvalue weighted by Gasteiger charge is 2.48. The summed E-state index contributed by atoms with van der Waals surface area (Å²) in [7, 11) is 0. The molecule has 5 rings (SSSR count). The van der Waals surface area contributed by atoms with Gasteiger partial charge in [0.2, 0.25) is 0 Å². The van der Waals surface area contributed by atoms with Crippen LogP contribution in [-0.4, -0.2) is 12.1 Å². The number of hydrogen-bond acceptors (Lipinski definition) is 1. The minimum absolute atomic E-state index is 0.873. The zero-order valence-electron chi connectivity index (χ0n) is 11.9. The lowest BCUT2D eigenvalue weighted by molar-refractivity contribution is -0.0175. The molecule has 5 saturated carbocycles. The van der Waals surface area contributed by atoms with Crippen LogP contribution in [0.1, 0.15) is 64.7 Å². The van der Waals surface area contributed by atoms with Gasteiger partial charge in [0.05, 0.1) is 0 Å². The van der Waals surface area contributed by atoms with Gasteiger partial charge in [-0.2, -0.15) is 0 Å². The Hall–Kier alpha value is -0.0400. The fraction of sp³-hybridized carbons (Fsp3) is 1.00. The predicted molar refractivity (Wildman–Crippen MR) is 75.4 cm³/mol. The predicted octanol–water partition coefficient (Wildman–Crippen LogP) is 3.98. The summed E-state index contributed by atoms with van der Waals surface area (Å²) in [5.41, 5.74) is 0. The summed E-state index contributed by atoms with van der Waals surface area (Å²) in [6.07, 6.45) is 13.7. The Labute approximate surface area is 112 Å². The molecule has 2 unspecified atom stereocenters. The lowest BCUT2D eigenvalue weighted by Crippen LogP contribution is -2.56. The molecule has 0 heterocycles. The molecule has 5 aliphatic rings. The molecule has 0 aromatic rings. The molecule has 5 aliphatic carbocycles. The summed E-state index contributed by atoms with van der Waals surface area (Å²) >= 11 is 0. The Bertz CT molecular complexity index is 283. The molecule has 1 heteroatoms. The summed E-state index contributed by atoms with van der Waals surface area (Å²) in [4.78, 5) is 0. The maximum atomic E-state index is 4.13. The molecule has 0 spiro atoms. The third-order valence-electron chi connectivity index (χ3n) is 6.77. The molecule has 4 bridgehead atoms. The maximum Gasteiger partial charge on any atom is 0.0127 e. The van der Waals surface area contributed by atoms with E-state index in [1.54, 1.807) is 32.1 Å². The highest BCUT2D eigenvalue weighted by atomic mass is 15.0. The van der Waals surface area contributed by atoms with Gasteiger partial charge < -0.3 is 5.32 Å². The van der Waals surface area contributed by atoms with E-state index >= 15 is 0 Å². The highest BCUT2D eigenvalue weighted by Crippen LogP contribution is 2.54. The van der Waals surface area contributed by atoms with E-state index in [0.29, 0.717) is 0 Å². The van der Waals surface area contributed by atoms with E-state index in [9.17, 15) is 0 Å². The van der Waals surface area contributed by atoms with Crippen molar-refractivity contribution in [1.82, 2.24) is 5.32 Å². The van der Waals surface area contributed by atoms with E-state index in [4.69, 9.17) is 0 Å². The number of nitrogens with one attached hydrogen (secondary N) is 1. The van der Waals surface area contributed by atoms with Gasteiger partial charge in [-0.25, -0.2) is 0 Å². The van der Waals surface area contributed by atoms with Crippen molar-refractivity contribution >= 4 is 0 Å². The normalized spacial score (nSPS) is 54.2. The monoisotopic (exact) mass is 247 g/mol. The molecular weight excluding hydrogens is 218 g/mol. The fourth-order valence-electron chi connectivity index (χ4n) is 6.07. The number of rotatable bonds is 3. The smallest absolute Gasteiger partial charge is 0.0127 e. The second kappa shape index (κ2) is 4.51. The minimum Gasteiger partial charge on any atom is -0.311 e. The molecule has 0 aromatic heterocycles. The third-order valence-corrected chi connectivity index (χ3v) is 6.77. The van der Waals surface area contributed by atoms with Crippen molar-refractivity contribution in [3.8, 4) is 0 Å². The van der Waals surface area contributed by atoms with Gasteiger partial charge in [-0.3, -0.25) is 0 Å². The Morgan fingerprint density at radius 1 is 0.833 bits per heavy atom. The van der Waals surface area contributed by atoms with Crippen LogP contribution < -0.4 is 5.32 Å². The zero-order chi connectivity index (χ0) is 12.1. The van der Waals surface area contributed by atoms with Crippen LogP contribution in [0.2, 0.25) is 0 Å². The van der Waals surface area contributed by atoms with Crippen LogP contribution in [0.4, 0.5) is 0 Å². The molecule has 0 amide bonds. The molecular formula is C17H29N. The van der Waals surface area contributed by atoms with Crippen LogP contribution in [0.5, 0.6) is 0 Å². The van der Waals surface area contributed by atoms with E-state index in [-0.39, 0.29) is 0 Å². The second-order valence-corrected chi connectivity index (χ2v) is 7.91. The van der Waals surface area contributed by atoms with Gasteiger partial charge in [-0.05, 0) is 81.0 Å². The third kappa shape index (κ3) is 1.94. The van der Waals surface area contributed by atoms with Crippen LogP contribution in [-0.2, 0) is 0 Å². The minimum atomic E-state index is 0.873. The van der Waals surface area contributed by atoms with E-state index in [1.807, 2.05) is 0 Å². The first kappa shape index (κ1) is 11.8. The zero-order valence-corrected chi connectivity index (χ0v) is 11.9. The molecule has 1 N–H and O–H groups in total. The van der Waals surface area contributed by atoms with Crippen LogP contribution in [0.25, 0.3) is 0 Å². The average Bonchev–Trinajstić information content (AvgIpc) is 2.80. The molecule has 0 aliphatic heterocycles. The Balaban J connectivity index is 1.40. The first-order valence-electron chi connectivity index (χ1n) is 8.57. The standard InChI is InChI=1S/C17H29N/c1-2-11-3-4-16(10-11)18-17-14-6-12-5-13(8-14)9-15(17)7-12/h11-18H,2-10H2,1H3. The van der Waals surface area contributed by atoms with Crippen molar-refractivity contribution in [3.05, 3.63) is 0 Å².